The number of nitrogens with zero attached hydrogens (tertiary/aromatic N) is 1. The van der Waals surface area contributed by atoms with Crippen LogP contribution in [-0.4, -0.2) is 53.5 Å². The van der Waals surface area contributed by atoms with Crippen LogP contribution < -0.4 is 10.1 Å². The minimum absolute atomic E-state index is 0.157. The maximum atomic E-state index is 12.3. The van der Waals surface area contributed by atoms with Crippen molar-refractivity contribution in [2.45, 2.75) is 12.5 Å². The zero-order chi connectivity index (χ0) is 17.7. The van der Waals surface area contributed by atoms with E-state index in [0.717, 1.165) is 5.56 Å². The molecule has 0 aliphatic carbocycles. The molecule has 128 valence electrons. The molecule has 1 unspecified atom stereocenters. The van der Waals surface area contributed by atoms with Crippen molar-refractivity contribution in [3.63, 3.8) is 0 Å². The quantitative estimate of drug-likeness (QED) is 0.704. The Morgan fingerprint density at radius 2 is 1.96 bits per heavy atom. The zero-order valence-corrected chi connectivity index (χ0v) is 13.6. The Balaban J connectivity index is 2.17. The summed E-state index contributed by atoms with van der Waals surface area (Å²) in [5.74, 6) is -1.05. The van der Waals surface area contributed by atoms with E-state index in [1.54, 1.807) is 25.3 Å². The van der Waals surface area contributed by atoms with Crippen molar-refractivity contribution in [1.29, 1.82) is 0 Å². The summed E-state index contributed by atoms with van der Waals surface area (Å²) in [7, 11) is 2.94. The van der Waals surface area contributed by atoms with Crippen LogP contribution in [0.5, 0.6) is 5.75 Å². The van der Waals surface area contributed by atoms with E-state index in [-0.39, 0.29) is 12.3 Å². The Kier molecular flexibility index (Phi) is 5.20. The van der Waals surface area contributed by atoms with Crippen molar-refractivity contribution in [1.82, 2.24) is 15.5 Å². The molecule has 24 heavy (non-hydrogen) atoms. The van der Waals surface area contributed by atoms with E-state index in [2.05, 4.69) is 15.5 Å². The maximum absolute atomic E-state index is 12.3. The van der Waals surface area contributed by atoms with Crippen LogP contribution in [0, 0.1) is 0 Å². The van der Waals surface area contributed by atoms with Gasteiger partial charge in [-0.25, -0.2) is 4.79 Å². The first-order chi connectivity index (χ1) is 11.4. The van der Waals surface area contributed by atoms with E-state index in [1.807, 2.05) is 12.1 Å². The fraction of sp³-hybridized carbons (Fsp3) is 0.312. The lowest BCUT2D eigenvalue weighted by molar-refractivity contribution is -0.145. The molecule has 0 aliphatic rings. The Morgan fingerprint density at radius 1 is 1.29 bits per heavy atom. The van der Waals surface area contributed by atoms with Crippen molar-refractivity contribution >= 4 is 11.9 Å². The predicted molar refractivity (Wildman–Crippen MR) is 86.0 cm³/mol. The van der Waals surface area contributed by atoms with Crippen LogP contribution in [0.2, 0.25) is 0 Å². The number of rotatable bonds is 7. The molecule has 0 aliphatic heterocycles. The number of carbonyl (C=O) groups is 2. The molecule has 1 heterocycles. The number of ether oxygens (including phenoxy) is 2. The molecule has 1 aromatic heterocycles. The van der Waals surface area contributed by atoms with Gasteiger partial charge in [0.1, 0.15) is 11.4 Å². The van der Waals surface area contributed by atoms with Crippen molar-refractivity contribution in [2.75, 3.05) is 20.8 Å². The van der Waals surface area contributed by atoms with Gasteiger partial charge >= 0.3 is 5.97 Å². The molecule has 8 heteroatoms. The maximum Gasteiger partial charge on any atom is 0.331 e. The third-order valence-electron chi connectivity index (χ3n) is 3.50. The minimum atomic E-state index is -1.53. The Labute approximate surface area is 138 Å². The molecule has 0 bridgehead atoms. The minimum Gasteiger partial charge on any atom is -0.497 e. The van der Waals surface area contributed by atoms with Gasteiger partial charge in [-0.3, -0.25) is 9.89 Å². The Hall–Kier alpha value is -2.87. The topological polar surface area (TPSA) is 114 Å². The second-order valence-electron chi connectivity index (χ2n) is 5.42. The molecule has 8 nitrogen and oxygen atoms in total. The number of methoxy groups -OCH3 is 2. The van der Waals surface area contributed by atoms with Gasteiger partial charge < -0.3 is 19.9 Å². The SMILES string of the molecule is COCC(C)(NC(=O)c1cc(-c2ccc(OC)cc2)n[nH]1)C(=O)O. The molecular weight excluding hydrogens is 314 g/mol. The van der Waals surface area contributed by atoms with E-state index in [1.165, 1.54) is 14.0 Å². The van der Waals surface area contributed by atoms with Crippen LogP contribution in [0.3, 0.4) is 0 Å². The average molecular weight is 333 g/mol. The standard InChI is InChI=1S/C16H19N3O5/c1-16(9-23-2,15(21)22)17-14(20)13-8-12(18-19-13)10-4-6-11(24-3)7-5-10/h4-8H,9H2,1-3H3,(H,17,20)(H,18,19)(H,21,22). The summed E-state index contributed by atoms with van der Waals surface area (Å²) in [4.78, 5) is 23.6. The molecule has 0 fully saturated rings. The summed E-state index contributed by atoms with van der Waals surface area (Å²) in [6.45, 7) is 1.21. The van der Waals surface area contributed by atoms with Crippen molar-refractivity contribution in [3.8, 4) is 17.0 Å². The van der Waals surface area contributed by atoms with Crippen molar-refractivity contribution in [3.05, 3.63) is 36.0 Å². The summed E-state index contributed by atoms with van der Waals surface area (Å²) < 4.78 is 9.96. The number of nitrogens with one attached hydrogen (secondary N) is 2. The van der Waals surface area contributed by atoms with Gasteiger partial charge in [0.25, 0.3) is 5.91 Å². The van der Waals surface area contributed by atoms with Crippen LogP contribution in [0.15, 0.2) is 30.3 Å². The average Bonchev–Trinajstić information content (AvgIpc) is 3.05. The van der Waals surface area contributed by atoms with Gasteiger partial charge in [-0.05, 0) is 37.3 Å². The second-order valence-corrected chi connectivity index (χ2v) is 5.42. The number of benzene rings is 1. The van der Waals surface area contributed by atoms with Gasteiger partial charge in [0.15, 0.2) is 5.54 Å². The number of amides is 1. The number of carbonyl (C=O) groups excluding carboxylic acids is 1. The molecule has 1 aromatic carbocycles. The van der Waals surface area contributed by atoms with Crippen molar-refractivity contribution in [2.24, 2.45) is 0 Å². The number of carboxylic acids is 1. The molecule has 2 aromatic rings. The third kappa shape index (κ3) is 3.72. The summed E-state index contributed by atoms with van der Waals surface area (Å²) in [5.41, 5.74) is -0.0167. The van der Waals surface area contributed by atoms with E-state index >= 15 is 0 Å². The monoisotopic (exact) mass is 333 g/mol. The molecule has 3 N–H and O–H groups in total. The normalized spacial score (nSPS) is 13.1. The van der Waals surface area contributed by atoms with Crippen LogP contribution >= 0.6 is 0 Å². The fourth-order valence-corrected chi connectivity index (χ4v) is 2.11. The van der Waals surface area contributed by atoms with E-state index < -0.39 is 17.4 Å². The smallest absolute Gasteiger partial charge is 0.331 e. The first kappa shape index (κ1) is 17.5. The molecule has 2 rings (SSSR count). The number of hydrogen-bond acceptors (Lipinski definition) is 5. The van der Waals surface area contributed by atoms with Crippen LogP contribution in [0.25, 0.3) is 11.3 Å². The van der Waals surface area contributed by atoms with E-state index in [9.17, 15) is 14.7 Å². The van der Waals surface area contributed by atoms with Gasteiger partial charge in [0, 0.05) is 12.7 Å². The Bertz CT molecular complexity index is 726. The van der Waals surface area contributed by atoms with Gasteiger partial charge in [-0.1, -0.05) is 0 Å². The predicted octanol–water partition coefficient (Wildman–Crippen LogP) is 1.30. The van der Waals surface area contributed by atoms with Crippen LogP contribution in [0.1, 0.15) is 17.4 Å². The number of hydrogen-bond donors (Lipinski definition) is 3. The lowest BCUT2D eigenvalue weighted by atomic mass is 10.0. The first-order valence-electron chi connectivity index (χ1n) is 7.14. The molecule has 1 amide bonds. The molecular formula is C16H19N3O5. The third-order valence-corrected chi connectivity index (χ3v) is 3.50. The summed E-state index contributed by atoms with van der Waals surface area (Å²) >= 11 is 0. The lowest BCUT2D eigenvalue weighted by Gasteiger charge is -2.24. The first-order valence-corrected chi connectivity index (χ1v) is 7.14. The summed E-state index contributed by atoms with van der Waals surface area (Å²) in [6, 6.07) is 8.73. The van der Waals surface area contributed by atoms with Gasteiger partial charge in [-0.15, -0.1) is 0 Å². The number of H-pyrrole nitrogens is 1. The highest BCUT2D eigenvalue weighted by molar-refractivity contribution is 5.97. The number of aromatic amines is 1. The highest BCUT2D eigenvalue weighted by atomic mass is 16.5. The molecule has 1 atom stereocenters. The summed E-state index contributed by atoms with van der Waals surface area (Å²) in [6.07, 6.45) is 0. The lowest BCUT2D eigenvalue weighted by Crippen LogP contribution is -2.55. The number of carboxylic acid groups (broad SMARTS) is 1. The zero-order valence-electron chi connectivity index (χ0n) is 13.6. The van der Waals surface area contributed by atoms with Gasteiger partial charge in [0.2, 0.25) is 0 Å². The molecule has 0 saturated heterocycles. The van der Waals surface area contributed by atoms with E-state index in [0.29, 0.717) is 11.4 Å². The van der Waals surface area contributed by atoms with Gasteiger partial charge in [0.05, 0.1) is 19.4 Å². The number of aromatic nitrogens is 2. The number of aliphatic carboxylic acids is 1. The highest BCUT2D eigenvalue weighted by Crippen LogP contribution is 2.21. The largest absolute Gasteiger partial charge is 0.497 e. The van der Waals surface area contributed by atoms with E-state index in [4.69, 9.17) is 9.47 Å². The fourth-order valence-electron chi connectivity index (χ4n) is 2.11. The molecule has 0 saturated carbocycles. The molecule has 0 radical (unpaired) electrons. The molecule has 0 spiro atoms. The van der Waals surface area contributed by atoms with Crippen molar-refractivity contribution < 1.29 is 24.2 Å². The van der Waals surface area contributed by atoms with Crippen LogP contribution in [0.4, 0.5) is 0 Å². The summed E-state index contributed by atoms with van der Waals surface area (Å²) in [5, 5.41) is 18.4. The van der Waals surface area contributed by atoms with Gasteiger partial charge in [-0.2, -0.15) is 5.10 Å². The second kappa shape index (κ2) is 7.14. The Morgan fingerprint density at radius 3 is 2.50 bits per heavy atom. The highest BCUT2D eigenvalue weighted by Gasteiger charge is 2.35. The van der Waals surface area contributed by atoms with Crippen LogP contribution in [-0.2, 0) is 9.53 Å².